The maximum absolute atomic E-state index is 14.4. The summed E-state index contributed by atoms with van der Waals surface area (Å²) in [6, 6.07) is 0.955. The topological polar surface area (TPSA) is 212 Å². The molecule has 15 nitrogen and oxygen atoms in total. The summed E-state index contributed by atoms with van der Waals surface area (Å²) < 4.78 is 6.25. The third kappa shape index (κ3) is 10.9. The summed E-state index contributed by atoms with van der Waals surface area (Å²) in [5.74, 6) is -4.53. The number of carbonyl (C=O) groups is 6. The Balaban J connectivity index is 1.78. The van der Waals surface area contributed by atoms with Gasteiger partial charge in [0.05, 0.1) is 12.1 Å². The minimum atomic E-state index is -1.07. The van der Waals surface area contributed by atoms with E-state index in [1.165, 1.54) is 0 Å². The summed E-state index contributed by atoms with van der Waals surface area (Å²) >= 11 is 0. The van der Waals surface area contributed by atoms with Crippen LogP contribution in [0.4, 0.5) is 0 Å². The summed E-state index contributed by atoms with van der Waals surface area (Å²) in [5, 5.41) is 21.6. The lowest BCUT2D eigenvalue weighted by molar-refractivity contribution is -0.137. The average molecular weight is 781 g/mol. The van der Waals surface area contributed by atoms with Gasteiger partial charge in [-0.1, -0.05) is 87.4 Å². The number of rotatable bonds is 8. The van der Waals surface area contributed by atoms with E-state index in [9.17, 15) is 28.8 Å². The second kappa shape index (κ2) is 19.1. The van der Waals surface area contributed by atoms with Crippen molar-refractivity contribution in [2.24, 2.45) is 29.6 Å². The van der Waals surface area contributed by atoms with Crippen LogP contribution < -0.4 is 37.2 Å². The van der Waals surface area contributed by atoms with Gasteiger partial charge in [0.2, 0.25) is 35.4 Å². The van der Waals surface area contributed by atoms with Crippen LogP contribution in [0.1, 0.15) is 88.1 Å². The molecular weight excluding hydrogens is 716 g/mol. The highest BCUT2D eigenvalue weighted by Crippen LogP contribution is 2.22. The number of aromatic nitrogens is 1. The number of carbonyl (C=O) groups excluding carboxylic acids is 6. The number of hydrogen-bond acceptors (Lipinski definition) is 8. The normalized spacial score (nSPS) is 29.2. The number of hydrogen-bond donors (Lipinski definition) is 8. The average Bonchev–Trinajstić information content (AvgIpc) is 3.71. The van der Waals surface area contributed by atoms with Crippen LogP contribution in [0.15, 0.2) is 30.5 Å². The molecule has 2 aliphatic heterocycles. The van der Waals surface area contributed by atoms with Gasteiger partial charge in [0.15, 0.2) is 0 Å². The monoisotopic (exact) mass is 780 g/mol. The standard InChI is InChI=1S/C41H64N8O7/c1-19(2)16-28-35(50)45-30(20(3)4)37(52)44-29(17-25-18-42-27-15-13-12-14-26(25)27)36(51)48-33(23(9)10)41-49-34(24(11)56-41)40(55)47-32(22(7)8)39(54)46-31(21(5)6)38(53)43-28/h12-15,18-24,28-34,41-42,49H,16-17H2,1-11H3,(H,43,53)(H,44,52)(H,45,50)(H,46,54)(H,47,55)(H,48,51)/t24?,28-,29-,30+,31+,32-,33+,34+,41?/m1/s1. The van der Waals surface area contributed by atoms with Gasteiger partial charge >= 0.3 is 0 Å². The van der Waals surface area contributed by atoms with Gasteiger partial charge in [-0.2, -0.15) is 0 Å². The minimum absolute atomic E-state index is 0.0204. The zero-order valence-electron chi connectivity index (χ0n) is 34.7. The van der Waals surface area contributed by atoms with Crippen LogP contribution in [0.3, 0.4) is 0 Å². The maximum Gasteiger partial charge on any atom is 0.243 e. The molecule has 0 aliphatic carbocycles. The Labute approximate surface area is 330 Å². The van der Waals surface area contributed by atoms with Gasteiger partial charge in [-0.3, -0.25) is 34.1 Å². The lowest BCUT2D eigenvalue weighted by Crippen LogP contribution is -2.61. The molecule has 15 heteroatoms. The predicted octanol–water partition coefficient (Wildman–Crippen LogP) is 2.01. The molecule has 1 aromatic heterocycles. The van der Waals surface area contributed by atoms with Gasteiger partial charge in [-0.15, -0.1) is 0 Å². The fourth-order valence-corrected chi connectivity index (χ4v) is 7.30. The van der Waals surface area contributed by atoms with Crippen LogP contribution in [0.25, 0.3) is 10.9 Å². The molecule has 6 amide bonds. The Morgan fingerprint density at radius 3 is 1.64 bits per heavy atom. The fourth-order valence-electron chi connectivity index (χ4n) is 7.30. The number of ether oxygens (including phenoxy) is 1. The third-order valence-corrected chi connectivity index (χ3v) is 10.6. The van der Waals surface area contributed by atoms with E-state index < -0.39 is 96.0 Å². The van der Waals surface area contributed by atoms with E-state index in [4.69, 9.17) is 4.74 Å². The molecule has 1 aromatic carbocycles. The highest BCUT2D eigenvalue weighted by atomic mass is 16.5. The fraction of sp³-hybridized carbons (Fsp3) is 0.659. The van der Waals surface area contributed by atoms with Crippen LogP contribution in [-0.4, -0.2) is 95.1 Å². The minimum Gasteiger partial charge on any atom is -0.361 e. The Bertz CT molecular complexity index is 1720. The highest BCUT2D eigenvalue weighted by Gasteiger charge is 2.44. The maximum atomic E-state index is 14.4. The molecule has 2 bridgehead atoms. The summed E-state index contributed by atoms with van der Waals surface area (Å²) in [7, 11) is 0. The molecule has 3 heterocycles. The lowest BCUT2D eigenvalue weighted by atomic mass is 9.97. The van der Waals surface area contributed by atoms with Gasteiger partial charge < -0.3 is 41.6 Å². The van der Waals surface area contributed by atoms with Crippen molar-refractivity contribution >= 4 is 46.3 Å². The summed E-state index contributed by atoms with van der Waals surface area (Å²) in [4.78, 5) is 87.4. The van der Waals surface area contributed by atoms with Crippen molar-refractivity contribution in [2.45, 2.75) is 144 Å². The van der Waals surface area contributed by atoms with Gasteiger partial charge in [-0.05, 0) is 54.6 Å². The van der Waals surface area contributed by atoms with Crippen molar-refractivity contribution in [3.05, 3.63) is 36.0 Å². The molecule has 56 heavy (non-hydrogen) atoms. The first-order valence-electron chi connectivity index (χ1n) is 20.1. The largest absolute Gasteiger partial charge is 0.361 e. The Morgan fingerprint density at radius 1 is 0.589 bits per heavy atom. The number of amides is 6. The summed E-state index contributed by atoms with van der Waals surface area (Å²) in [6.45, 7) is 20.1. The molecule has 2 aromatic rings. The smallest absolute Gasteiger partial charge is 0.243 e. The lowest BCUT2D eigenvalue weighted by Gasteiger charge is -2.31. The highest BCUT2D eigenvalue weighted by molar-refractivity contribution is 5.97. The van der Waals surface area contributed by atoms with Crippen molar-refractivity contribution in [3.63, 3.8) is 0 Å². The Morgan fingerprint density at radius 2 is 1.09 bits per heavy atom. The van der Waals surface area contributed by atoms with Crippen molar-refractivity contribution in [2.75, 3.05) is 0 Å². The molecule has 2 fully saturated rings. The molecule has 0 radical (unpaired) electrons. The Kier molecular flexibility index (Phi) is 15.1. The van der Waals surface area contributed by atoms with Crippen LogP contribution in [-0.2, 0) is 39.9 Å². The number of benzene rings is 1. The van der Waals surface area contributed by atoms with Crippen molar-refractivity contribution in [1.82, 2.24) is 42.2 Å². The number of H-pyrrole nitrogens is 1. The van der Waals surface area contributed by atoms with E-state index in [1.54, 1.807) is 48.5 Å². The molecule has 310 valence electrons. The van der Waals surface area contributed by atoms with Crippen LogP contribution in [0, 0.1) is 29.6 Å². The number of nitrogens with one attached hydrogen (secondary N) is 8. The molecule has 9 atom stereocenters. The molecule has 2 saturated heterocycles. The van der Waals surface area contributed by atoms with E-state index in [-0.39, 0.29) is 36.5 Å². The van der Waals surface area contributed by atoms with Crippen molar-refractivity contribution in [1.29, 1.82) is 0 Å². The molecule has 2 unspecified atom stereocenters. The molecule has 2 aliphatic rings. The molecule has 0 spiro atoms. The first-order chi connectivity index (χ1) is 26.3. The van der Waals surface area contributed by atoms with Crippen molar-refractivity contribution < 1.29 is 33.5 Å². The summed E-state index contributed by atoms with van der Waals surface area (Å²) in [5.41, 5.74) is 1.68. The van der Waals surface area contributed by atoms with Gasteiger partial charge in [-0.25, -0.2) is 0 Å². The van der Waals surface area contributed by atoms with E-state index in [2.05, 4.69) is 42.2 Å². The van der Waals surface area contributed by atoms with Crippen LogP contribution in [0.5, 0.6) is 0 Å². The SMILES string of the molecule is CC(C)C[C@H]1NC(=O)[C@H](C(C)C)NC(=O)[C@@H](C(C)C)NC(=O)[C@H]2NC(OC2C)[C@H](C(C)C)NC(=O)[C@@H](Cc2c[nH]c3ccccc23)NC(=O)[C@H](C(C)C)NC1=O. The molecule has 4 rings (SSSR count). The van der Waals surface area contributed by atoms with Crippen LogP contribution in [0.2, 0.25) is 0 Å². The molecular formula is C41H64N8O7. The molecule has 0 saturated carbocycles. The van der Waals surface area contributed by atoms with Crippen molar-refractivity contribution in [3.8, 4) is 0 Å². The zero-order chi connectivity index (χ0) is 41.6. The van der Waals surface area contributed by atoms with Crippen LogP contribution >= 0.6 is 0 Å². The number of para-hydroxylation sites is 1. The number of aromatic amines is 1. The second-order valence-corrected chi connectivity index (χ2v) is 17.2. The predicted molar refractivity (Wildman–Crippen MR) is 214 cm³/mol. The quantitative estimate of drug-likeness (QED) is 0.198. The van der Waals surface area contributed by atoms with E-state index in [1.807, 2.05) is 58.2 Å². The first kappa shape index (κ1) is 44.2. The summed E-state index contributed by atoms with van der Waals surface area (Å²) in [6.07, 6.45) is 0.781. The first-order valence-corrected chi connectivity index (χ1v) is 20.1. The zero-order valence-corrected chi connectivity index (χ0v) is 34.7. The third-order valence-electron chi connectivity index (χ3n) is 10.6. The van der Waals surface area contributed by atoms with E-state index in [0.29, 0.717) is 0 Å². The van der Waals surface area contributed by atoms with Gasteiger partial charge in [0.25, 0.3) is 0 Å². The number of fused-ring (bicyclic) bond motifs is 3. The van der Waals surface area contributed by atoms with E-state index >= 15 is 0 Å². The Hall–Kier alpha value is -4.50. The second-order valence-electron chi connectivity index (χ2n) is 17.2. The van der Waals surface area contributed by atoms with E-state index in [0.717, 1.165) is 16.5 Å². The van der Waals surface area contributed by atoms with Gasteiger partial charge in [0.1, 0.15) is 42.5 Å². The van der Waals surface area contributed by atoms with Gasteiger partial charge in [0, 0.05) is 23.5 Å². The molecule has 8 N–H and O–H groups in total.